The lowest BCUT2D eigenvalue weighted by Crippen LogP contribution is -2.41. The van der Waals surface area contributed by atoms with E-state index in [1.807, 2.05) is 13.8 Å². The Hall–Kier alpha value is -1.48. The maximum atomic E-state index is 11.9. The number of methoxy groups -OCH3 is 1. The van der Waals surface area contributed by atoms with Gasteiger partial charge in [-0.15, -0.1) is 0 Å². The number of ether oxygens (including phenoxy) is 3. The van der Waals surface area contributed by atoms with Crippen molar-refractivity contribution in [2.24, 2.45) is 0 Å². The molecule has 1 aliphatic rings. The summed E-state index contributed by atoms with van der Waals surface area (Å²) in [5, 5.41) is 9.43. The Morgan fingerprint density at radius 1 is 1.43 bits per heavy atom. The number of nitrogens with zero attached hydrogens (tertiary/aromatic N) is 1. The van der Waals surface area contributed by atoms with Crippen molar-refractivity contribution in [2.75, 3.05) is 13.7 Å². The van der Waals surface area contributed by atoms with Crippen molar-refractivity contribution in [3.05, 3.63) is 33.1 Å². The maximum absolute atomic E-state index is 11.9. The third-order valence-corrected chi connectivity index (χ3v) is 3.29. The van der Waals surface area contributed by atoms with E-state index in [9.17, 15) is 14.7 Å². The molecule has 1 aromatic heterocycles. The van der Waals surface area contributed by atoms with Crippen molar-refractivity contribution in [1.29, 1.82) is 0 Å². The van der Waals surface area contributed by atoms with Crippen molar-refractivity contribution < 1.29 is 19.3 Å². The number of hydrogen-bond acceptors (Lipinski definition) is 6. The molecule has 1 saturated heterocycles. The van der Waals surface area contributed by atoms with Gasteiger partial charge in [-0.25, -0.2) is 4.79 Å². The van der Waals surface area contributed by atoms with Crippen LogP contribution in [0.5, 0.6) is 0 Å². The van der Waals surface area contributed by atoms with E-state index < -0.39 is 35.8 Å². The predicted molar refractivity (Wildman–Crippen MR) is 73.1 cm³/mol. The molecule has 0 radical (unpaired) electrons. The summed E-state index contributed by atoms with van der Waals surface area (Å²) in [7, 11) is 1.48. The van der Waals surface area contributed by atoms with Crippen LogP contribution in [0.2, 0.25) is 0 Å². The van der Waals surface area contributed by atoms with E-state index in [4.69, 9.17) is 14.2 Å². The average molecular weight is 300 g/mol. The maximum Gasteiger partial charge on any atom is 0.330 e. The zero-order valence-corrected chi connectivity index (χ0v) is 12.2. The summed E-state index contributed by atoms with van der Waals surface area (Å²) in [6, 6.07) is 1.22. The van der Waals surface area contributed by atoms with Crippen LogP contribution in [0.15, 0.2) is 21.9 Å². The summed E-state index contributed by atoms with van der Waals surface area (Å²) in [4.78, 5) is 25.2. The number of aliphatic hydroxyl groups is 1. The van der Waals surface area contributed by atoms with E-state index in [0.29, 0.717) is 0 Å². The largest absolute Gasteiger partial charge is 0.394 e. The van der Waals surface area contributed by atoms with Crippen LogP contribution in [-0.4, -0.2) is 52.8 Å². The molecule has 0 saturated carbocycles. The monoisotopic (exact) mass is 300 g/mol. The molecule has 2 heterocycles. The molecule has 0 aliphatic carbocycles. The van der Waals surface area contributed by atoms with Gasteiger partial charge in [0, 0.05) is 19.4 Å². The Kier molecular flexibility index (Phi) is 4.94. The molecule has 0 amide bonds. The Morgan fingerprint density at radius 2 is 2.14 bits per heavy atom. The fourth-order valence-corrected chi connectivity index (χ4v) is 2.44. The molecule has 8 nitrogen and oxygen atoms in total. The van der Waals surface area contributed by atoms with Gasteiger partial charge in [-0.2, -0.15) is 0 Å². The van der Waals surface area contributed by atoms with Gasteiger partial charge in [-0.3, -0.25) is 14.3 Å². The Bertz CT molecular complexity index is 581. The van der Waals surface area contributed by atoms with E-state index in [2.05, 4.69) is 4.98 Å². The molecule has 1 aromatic rings. The lowest BCUT2D eigenvalue weighted by molar-refractivity contribution is -0.0846. The zero-order valence-electron chi connectivity index (χ0n) is 12.2. The van der Waals surface area contributed by atoms with Crippen molar-refractivity contribution >= 4 is 0 Å². The number of hydrogen-bond donors (Lipinski definition) is 2. The van der Waals surface area contributed by atoms with Gasteiger partial charge in [0.1, 0.15) is 18.3 Å². The molecule has 118 valence electrons. The first-order chi connectivity index (χ1) is 9.97. The lowest BCUT2D eigenvalue weighted by atomic mass is 10.1. The highest BCUT2D eigenvalue weighted by Crippen LogP contribution is 2.32. The average Bonchev–Trinajstić information content (AvgIpc) is 2.75. The summed E-state index contributed by atoms with van der Waals surface area (Å²) in [5.41, 5.74) is -1.09. The molecular formula is C13H20N2O6. The van der Waals surface area contributed by atoms with Gasteiger partial charge in [-0.05, 0) is 13.8 Å². The van der Waals surface area contributed by atoms with Crippen LogP contribution < -0.4 is 11.2 Å². The van der Waals surface area contributed by atoms with Gasteiger partial charge in [0.05, 0.1) is 12.7 Å². The minimum Gasteiger partial charge on any atom is -0.394 e. The second kappa shape index (κ2) is 6.52. The molecule has 0 spiro atoms. The molecular weight excluding hydrogens is 280 g/mol. The molecule has 21 heavy (non-hydrogen) atoms. The molecule has 2 N–H and O–H groups in total. The summed E-state index contributed by atoms with van der Waals surface area (Å²) < 4.78 is 18.0. The highest BCUT2D eigenvalue weighted by molar-refractivity contribution is 4.94. The number of aromatic amines is 1. The first-order valence-corrected chi connectivity index (χ1v) is 6.74. The number of rotatable bonds is 5. The normalized spacial score (nSPS) is 29.2. The SMILES string of the molecule is COC1C(OC(C)C)C(CO)OC1n1ccc(=O)[nH]c1=O. The zero-order chi connectivity index (χ0) is 15.6. The quantitative estimate of drug-likeness (QED) is 0.740. The third-order valence-electron chi connectivity index (χ3n) is 3.29. The molecule has 2 rings (SSSR count). The molecule has 0 aromatic carbocycles. The Morgan fingerprint density at radius 3 is 2.67 bits per heavy atom. The van der Waals surface area contributed by atoms with Crippen molar-refractivity contribution in [2.45, 2.75) is 44.5 Å². The van der Waals surface area contributed by atoms with E-state index in [0.717, 1.165) is 0 Å². The standard InChI is InChI=1S/C13H20N2O6/c1-7(2)20-10-8(6-16)21-12(11(10)19-3)15-5-4-9(17)14-13(15)18/h4-5,7-8,10-12,16H,6H2,1-3H3,(H,14,17,18). The van der Waals surface area contributed by atoms with Gasteiger partial charge < -0.3 is 19.3 Å². The summed E-state index contributed by atoms with van der Waals surface area (Å²) in [5.74, 6) is 0. The number of nitrogens with one attached hydrogen (secondary N) is 1. The van der Waals surface area contributed by atoms with Crippen molar-refractivity contribution in [1.82, 2.24) is 9.55 Å². The first kappa shape index (κ1) is 15.9. The van der Waals surface area contributed by atoms with Gasteiger partial charge in [0.25, 0.3) is 5.56 Å². The van der Waals surface area contributed by atoms with Crippen LogP contribution in [-0.2, 0) is 14.2 Å². The van der Waals surface area contributed by atoms with Crippen LogP contribution in [0.4, 0.5) is 0 Å². The Labute approximate surface area is 121 Å². The highest BCUT2D eigenvalue weighted by Gasteiger charge is 2.47. The van der Waals surface area contributed by atoms with Gasteiger partial charge in [-0.1, -0.05) is 0 Å². The summed E-state index contributed by atoms with van der Waals surface area (Å²) in [6.45, 7) is 3.47. The van der Waals surface area contributed by atoms with E-state index >= 15 is 0 Å². The van der Waals surface area contributed by atoms with Crippen LogP contribution in [0.1, 0.15) is 20.1 Å². The predicted octanol–water partition coefficient (Wildman–Crippen LogP) is -0.765. The minimum atomic E-state index is -0.778. The molecule has 0 bridgehead atoms. The van der Waals surface area contributed by atoms with Crippen LogP contribution in [0, 0.1) is 0 Å². The number of H-pyrrole nitrogens is 1. The molecule has 4 atom stereocenters. The lowest BCUT2D eigenvalue weighted by Gasteiger charge is -2.25. The van der Waals surface area contributed by atoms with Crippen molar-refractivity contribution in [3.63, 3.8) is 0 Å². The van der Waals surface area contributed by atoms with Crippen molar-refractivity contribution in [3.8, 4) is 0 Å². The first-order valence-electron chi connectivity index (χ1n) is 6.74. The smallest absolute Gasteiger partial charge is 0.330 e. The Balaban J connectivity index is 2.35. The van der Waals surface area contributed by atoms with E-state index in [1.165, 1.54) is 23.9 Å². The molecule has 8 heteroatoms. The fourth-order valence-electron chi connectivity index (χ4n) is 2.44. The second-order valence-electron chi connectivity index (χ2n) is 5.11. The number of aliphatic hydroxyl groups excluding tert-OH is 1. The van der Waals surface area contributed by atoms with E-state index in [-0.39, 0.29) is 12.7 Å². The topological polar surface area (TPSA) is 103 Å². The minimum absolute atomic E-state index is 0.0867. The summed E-state index contributed by atoms with van der Waals surface area (Å²) >= 11 is 0. The molecule has 1 fully saturated rings. The van der Waals surface area contributed by atoms with Crippen LogP contribution in [0.3, 0.4) is 0 Å². The van der Waals surface area contributed by atoms with E-state index in [1.54, 1.807) is 0 Å². The number of aromatic nitrogens is 2. The van der Waals surface area contributed by atoms with Gasteiger partial charge >= 0.3 is 5.69 Å². The molecule has 4 unspecified atom stereocenters. The van der Waals surface area contributed by atoms with Gasteiger partial charge in [0.15, 0.2) is 6.23 Å². The fraction of sp³-hybridized carbons (Fsp3) is 0.692. The highest BCUT2D eigenvalue weighted by atomic mass is 16.6. The van der Waals surface area contributed by atoms with Crippen LogP contribution in [0.25, 0.3) is 0 Å². The summed E-state index contributed by atoms with van der Waals surface area (Å²) in [6.07, 6.45) is -1.22. The van der Waals surface area contributed by atoms with Crippen LogP contribution >= 0.6 is 0 Å². The third kappa shape index (κ3) is 3.24. The second-order valence-corrected chi connectivity index (χ2v) is 5.11. The molecule has 1 aliphatic heterocycles. The van der Waals surface area contributed by atoms with Gasteiger partial charge in [0.2, 0.25) is 0 Å².